The monoisotopic (exact) mass is 321 g/mol. The number of ether oxygens (including phenoxy) is 1. The van der Waals surface area contributed by atoms with Gasteiger partial charge in [-0.05, 0) is 17.8 Å². The van der Waals surface area contributed by atoms with Gasteiger partial charge in [0.25, 0.3) is 0 Å². The maximum atomic E-state index is 5.34. The van der Waals surface area contributed by atoms with Gasteiger partial charge < -0.3 is 15.0 Å². The predicted octanol–water partition coefficient (Wildman–Crippen LogP) is 0.155. The van der Waals surface area contributed by atoms with Crippen molar-refractivity contribution in [2.24, 2.45) is 5.10 Å². The van der Waals surface area contributed by atoms with Crippen LogP contribution in [0.4, 0.5) is 0 Å². The van der Waals surface area contributed by atoms with E-state index in [0.717, 1.165) is 39.4 Å². The maximum absolute atomic E-state index is 5.34. The third kappa shape index (κ3) is 6.09. The molecule has 0 saturated carbocycles. The van der Waals surface area contributed by atoms with E-state index in [1.807, 2.05) is 24.4 Å². The molecule has 6 heteroatoms. The maximum Gasteiger partial charge on any atom is 0.187 e. The summed E-state index contributed by atoms with van der Waals surface area (Å²) < 4.78 is 5.34. The number of hydrogen-bond donors (Lipinski definition) is 3. The summed E-state index contributed by atoms with van der Waals surface area (Å²) in [6.45, 7) is 7.89. The molecule has 0 spiro atoms. The van der Waals surface area contributed by atoms with Crippen LogP contribution in [0.2, 0.25) is 0 Å². The van der Waals surface area contributed by atoms with Crippen LogP contribution in [-0.2, 0) is 4.74 Å². The largest absolute Gasteiger partial charge is 0.370 e. The molecule has 0 unspecified atom stereocenters. The van der Waals surface area contributed by atoms with Crippen molar-refractivity contribution >= 4 is 23.5 Å². The molecule has 0 amide bonds. The van der Waals surface area contributed by atoms with E-state index in [-0.39, 0.29) is 5.92 Å². The summed E-state index contributed by atoms with van der Waals surface area (Å²) in [5.41, 5.74) is 4.12. The first kappa shape index (κ1) is 16.9. The number of hydrogen-bond acceptors (Lipinski definition) is 3. The second-order valence-electron chi connectivity index (χ2n) is 5.46. The molecule has 0 radical (unpaired) electrons. The van der Waals surface area contributed by atoms with Gasteiger partial charge in [0, 0.05) is 12.1 Å². The van der Waals surface area contributed by atoms with Gasteiger partial charge in [0.2, 0.25) is 0 Å². The molecule has 1 heterocycles. The zero-order valence-electron chi connectivity index (χ0n) is 13.0. The van der Waals surface area contributed by atoms with Crippen molar-refractivity contribution in [2.45, 2.75) is 12.8 Å². The second-order valence-corrected chi connectivity index (χ2v) is 5.87. The van der Waals surface area contributed by atoms with Crippen LogP contribution in [0.5, 0.6) is 0 Å². The second kappa shape index (κ2) is 9.50. The minimum Gasteiger partial charge on any atom is -0.370 e. The third-order valence-electron chi connectivity index (χ3n) is 3.75. The highest BCUT2D eigenvalue weighted by atomic mass is 32.1. The minimum atomic E-state index is 0.259. The first-order chi connectivity index (χ1) is 10.8. The Bertz CT molecular complexity index is 474. The fourth-order valence-electron chi connectivity index (χ4n) is 2.35. The van der Waals surface area contributed by atoms with E-state index < -0.39 is 0 Å². The van der Waals surface area contributed by atoms with Gasteiger partial charge in [-0.25, -0.2) is 0 Å². The highest BCUT2D eigenvalue weighted by Gasteiger charge is 2.12. The fourth-order valence-corrected chi connectivity index (χ4v) is 2.51. The lowest BCUT2D eigenvalue weighted by molar-refractivity contribution is -0.906. The summed E-state index contributed by atoms with van der Waals surface area (Å²) in [5.74, 6) is 0.259. The Morgan fingerprint density at radius 2 is 2.09 bits per heavy atom. The van der Waals surface area contributed by atoms with Gasteiger partial charge in [0.05, 0.1) is 26.3 Å². The van der Waals surface area contributed by atoms with E-state index in [1.165, 1.54) is 5.56 Å². The van der Waals surface area contributed by atoms with E-state index in [1.54, 1.807) is 4.90 Å². The number of quaternary nitrogens is 1. The zero-order valence-corrected chi connectivity index (χ0v) is 13.9. The van der Waals surface area contributed by atoms with Crippen LogP contribution in [-0.4, -0.2) is 50.7 Å². The van der Waals surface area contributed by atoms with Crippen LogP contribution in [0.15, 0.2) is 35.4 Å². The molecular formula is C16H25N4OS+. The number of thiocarbonyl (C=S) groups is 1. The molecule has 3 N–H and O–H groups in total. The lowest BCUT2D eigenvalue weighted by atomic mass is 10.0. The summed E-state index contributed by atoms with van der Waals surface area (Å²) in [6.07, 6.45) is 1.87. The van der Waals surface area contributed by atoms with Gasteiger partial charge in [0.15, 0.2) is 5.11 Å². The van der Waals surface area contributed by atoms with E-state index in [9.17, 15) is 0 Å². The van der Waals surface area contributed by atoms with E-state index in [4.69, 9.17) is 17.0 Å². The fraction of sp³-hybridized carbons (Fsp3) is 0.500. The van der Waals surface area contributed by atoms with Gasteiger partial charge in [0.1, 0.15) is 13.1 Å². The summed E-state index contributed by atoms with van der Waals surface area (Å²) in [5, 5.41) is 7.97. The van der Waals surface area contributed by atoms with Gasteiger partial charge in [-0.1, -0.05) is 37.3 Å². The molecule has 120 valence electrons. The van der Waals surface area contributed by atoms with Crippen LogP contribution < -0.4 is 15.6 Å². The number of morpholine rings is 1. The molecule has 1 aromatic carbocycles. The molecule has 1 aromatic rings. The van der Waals surface area contributed by atoms with Gasteiger partial charge in [-0.2, -0.15) is 5.10 Å². The first-order valence-corrected chi connectivity index (χ1v) is 8.20. The van der Waals surface area contributed by atoms with Gasteiger partial charge in [-0.3, -0.25) is 5.43 Å². The van der Waals surface area contributed by atoms with Gasteiger partial charge >= 0.3 is 0 Å². The van der Waals surface area contributed by atoms with Crippen molar-refractivity contribution in [3.05, 3.63) is 35.9 Å². The molecular weight excluding hydrogens is 296 g/mol. The molecule has 0 bridgehead atoms. The van der Waals surface area contributed by atoms with E-state index >= 15 is 0 Å². The minimum absolute atomic E-state index is 0.259. The van der Waals surface area contributed by atoms with E-state index in [2.05, 4.69) is 34.9 Å². The molecule has 1 aliphatic heterocycles. The quantitative estimate of drug-likeness (QED) is 0.397. The average Bonchev–Trinajstić information content (AvgIpc) is 2.56. The molecule has 5 nitrogen and oxygen atoms in total. The normalized spacial score (nSPS) is 17.3. The van der Waals surface area contributed by atoms with Crippen molar-refractivity contribution in [3.63, 3.8) is 0 Å². The molecule has 2 rings (SSSR count). The van der Waals surface area contributed by atoms with Crippen molar-refractivity contribution in [1.82, 2.24) is 10.7 Å². The number of hydrazone groups is 1. The summed E-state index contributed by atoms with van der Waals surface area (Å²) in [4.78, 5) is 1.56. The smallest absolute Gasteiger partial charge is 0.187 e. The number of rotatable bonds is 6. The molecule has 1 atom stereocenters. The molecule has 1 fully saturated rings. The highest BCUT2D eigenvalue weighted by Crippen LogP contribution is 2.11. The average molecular weight is 321 g/mol. The van der Waals surface area contributed by atoms with Crippen molar-refractivity contribution in [1.29, 1.82) is 0 Å². The lowest BCUT2D eigenvalue weighted by Crippen LogP contribution is -3.14. The van der Waals surface area contributed by atoms with Crippen LogP contribution in [0.3, 0.4) is 0 Å². The Kier molecular flexibility index (Phi) is 7.28. The standard InChI is InChI=1S/C16H24N4OS/c1-14(15-5-3-2-4-6-15)13-18-19-16(22)17-7-8-20-9-11-21-12-10-20/h2-6,13-14H,7-12H2,1H3,(H2,17,19,22)/p+1/b18-13-/t14-/m1/s1. The van der Waals surface area contributed by atoms with Crippen molar-refractivity contribution < 1.29 is 9.64 Å². The van der Waals surface area contributed by atoms with Crippen molar-refractivity contribution in [3.8, 4) is 0 Å². The van der Waals surface area contributed by atoms with E-state index in [0.29, 0.717) is 5.11 Å². The third-order valence-corrected chi connectivity index (χ3v) is 3.99. The number of nitrogens with zero attached hydrogens (tertiary/aromatic N) is 1. The SMILES string of the molecule is C[C@H](/C=N\NC(=S)NCC[NH+]1CCOCC1)c1ccccc1. The first-order valence-electron chi connectivity index (χ1n) is 7.79. The Balaban J connectivity index is 1.61. The van der Waals surface area contributed by atoms with Crippen LogP contribution in [0.1, 0.15) is 18.4 Å². The Labute approximate surface area is 137 Å². The summed E-state index contributed by atoms with van der Waals surface area (Å²) in [6, 6.07) is 10.3. The Hall–Kier alpha value is -1.50. The molecule has 22 heavy (non-hydrogen) atoms. The molecule has 0 aromatic heterocycles. The molecule has 0 aliphatic carbocycles. The van der Waals surface area contributed by atoms with Crippen molar-refractivity contribution in [2.75, 3.05) is 39.4 Å². The Morgan fingerprint density at radius 3 is 2.82 bits per heavy atom. The Morgan fingerprint density at radius 1 is 1.36 bits per heavy atom. The zero-order chi connectivity index (χ0) is 15.6. The summed E-state index contributed by atoms with van der Waals surface area (Å²) in [7, 11) is 0. The topological polar surface area (TPSA) is 50.1 Å². The lowest BCUT2D eigenvalue weighted by Gasteiger charge is -2.23. The molecule has 1 saturated heterocycles. The predicted molar refractivity (Wildman–Crippen MR) is 93.5 cm³/mol. The van der Waals surface area contributed by atoms with Crippen LogP contribution in [0, 0.1) is 0 Å². The highest BCUT2D eigenvalue weighted by molar-refractivity contribution is 7.80. The van der Waals surface area contributed by atoms with Crippen LogP contribution in [0.25, 0.3) is 0 Å². The number of benzene rings is 1. The number of nitrogens with one attached hydrogen (secondary N) is 3. The van der Waals surface area contributed by atoms with Crippen LogP contribution >= 0.6 is 12.2 Å². The summed E-state index contributed by atoms with van der Waals surface area (Å²) >= 11 is 5.22. The molecule has 1 aliphatic rings. The van der Waals surface area contributed by atoms with Gasteiger partial charge in [-0.15, -0.1) is 0 Å².